The molecule has 0 N–H and O–H groups in total. The van der Waals surface area contributed by atoms with Crippen molar-refractivity contribution in [2.24, 2.45) is 0 Å². The minimum absolute atomic E-state index is 0.324. The summed E-state index contributed by atoms with van der Waals surface area (Å²) in [5, 5.41) is 0. The Labute approximate surface area is 137 Å². The topological polar surface area (TPSA) is 34.1 Å². The first-order valence-corrected chi connectivity index (χ1v) is 9.41. The van der Waals surface area contributed by atoms with E-state index in [-0.39, 0.29) is 5.83 Å². The van der Waals surface area contributed by atoms with Gasteiger partial charge >= 0.3 is 0 Å². The number of benzene rings is 1. The summed E-state index contributed by atoms with van der Waals surface area (Å²) < 4.78 is 36.3. The zero-order valence-corrected chi connectivity index (χ0v) is 14.3. The van der Waals surface area contributed by atoms with Crippen LogP contribution in [-0.2, 0) is 9.84 Å². The van der Waals surface area contributed by atoms with Crippen molar-refractivity contribution in [2.45, 2.75) is 31.1 Å². The van der Waals surface area contributed by atoms with E-state index in [1.807, 2.05) is 19.1 Å². The Kier molecular flexibility index (Phi) is 5.37. The summed E-state index contributed by atoms with van der Waals surface area (Å²) in [4.78, 5) is 0.324. The van der Waals surface area contributed by atoms with Crippen LogP contribution in [0.1, 0.15) is 31.7 Å². The van der Waals surface area contributed by atoms with Crippen molar-refractivity contribution in [2.75, 3.05) is 6.26 Å². The Morgan fingerprint density at radius 2 is 1.83 bits per heavy atom. The quantitative estimate of drug-likeness (QED) is 0.710. The van der Waals surface area contributed by atoms with Gasteiger partial charge in [-0.05, 0) is 72.8 Å². The highest BCUT2D eigenvalue weighted by Crippen LogP contribution is 2.37. The Balaban J connectivity index is 2.38. The summed E-state index contributed by atoms with van der Waals surface area (Å²) in [7, 11) is -3.18. The van der Waals surface area contributed by atoms with E-state index in [9.17, 15) is 12.8 Å². The van der Waals surface area contributed by atoms with E-state index in [2.05, 4.69) is 6.58 Å². The number of hydrogen-bond acceptors (Lipinski definition) is 2. The molecule has 0 bridgehead atoms. The first-order chi connectivity index (χ1) is 10.8. The lowest BCUT2D eigenvalue weighted by molar-refractivity contribution is 0.602. The molecule has 122 valence electrons. The van der Waals surface area contributed by atoms with Crippen LogP contribution >= 0.6 is 0 Å². The van der Waals surface area contributed by atoms with E-state index >= 15 is 0 Å². The summed E-state index contributed by atoms with van der Waals surface area (Å²) in [5.41, 5.74) is 4.49. The Bertz CT molecular complexity index is 794. The third-order valence-electron chi connectivity index (χ3n) is 4.01. The van der Waals surface area contributed by atoms with Gasteiger partial charge in [-0.25, -0.2) is 12.8 Å². The Morgan fingerprint density at radius 3 is 2.39 bits per heavy atom. The number of sulfone groups is 1. The molecule has 0 aromatic heterocycles. The molecule has 0 saturated heterocycles. The largest absolute Gasteiger partial charge is 0.224 e. The van der Waals surface area contributed by atoms with Gasteiger partial charge in [-0.2, -0.15) is 0 Å². The molecule has 0 saturated carbocycles. The molecular formula is C19H21FO2S. The van der Waals surface area contributed by atoms with Gasteiger partial charge in [0.05, 0.1) is 4.90 Å². The predicted octanol–water partition coefficient (Wildman–Crippen LogP) is 5.01. The highest BCUT2D eigenvalue weighted by atomic mass is 32.2. The van der Waals surface area contributed by atoms with Crippen LogP contribution in [0.5, 0.6) is 0 Å². The van der Waals surface area contributed by atoms with Crippen LogP contribution in [0.25, 0.3) is 5.57 Å². The van der Waals surface area contributed by atoms with Gasteiger partial charge < -0.3 is 0 Å². The van der Waals surface area contributed by atoms with Crippen LogP contribution in [0.3, 0.4) is 0 Å². The van der Waals surface area contributed by atoms with Crippen LogP contribution in [0.4, 0.5) is 4.39 Å². The van der Waals surface area contributed by atoms with E-state index in [1.54, 1.807) is 18.2 Å². The van der Waals surface area contributed by atoms with Gasteiger partial charge in [0.25, 0.3) is 0 Å². The van der Waals surface area contributed by atoms with Crippen LogP contribution in [0.2, 0.25) is 0 Å². The van der Waals surface area contributed by atoms with E-state index in [0.29, 0.717) is 4.90 Å². The van der Waals surface area contributed by atoms with E-state index in [0.717, 1.165) is 30.4 Å². The van der Waals surface area contributed by atoms with Crippen molar-refractivity contribution in [3.05, 3.63) is 71.6 Å². The monoisotopic (exact) mass is 332 g/mol. The van der Waals surface area contributed by atoms with Gasteiger partial charge in [-0.3, -0.25) is 0 Å². The number of allylic oxidation sites excluding steroid dienone is 7. The molecular weight excluding hydrogens is 311 g/mol. The molecule has 23 heavy (non-hydrogen) atoms. The number of halogens is 1. The fourth-order valence-electron chi connectivity index (χ4n) is 2.77. The van der Waals surface area contributed by atoms with Crippen molar-refractivity contribution < 1.29 is 12.8 Å². The van der Waals surface area contributed by atoms with Crippen molar-refractivity contribution in [3.63, 3.8) is 0 Å². The summed E-state index contributed by atoms with van der Waals surface area (Å²) in [6, 6.07) is 6.99. The van der Waals surface area contributed by atoms with Crippen molar-refractivity contribution in [1.82, 2.24) is 0 Å². The van der Waals surface area contributed by atoms with Gasteiger partial charge in [-0.15, -0.1) is 0 Å². The van der Waals surface area contributed by atoms with Crippen LogP contribution in [0.15, 0.2) is 70.9 Å². The molecule has 0 spiro atoms. The second kappa shape index (κ2) is 7.09. The molecule has 1 aromatic carbocycles. The molecule has 2 rings (SSSR count). The highest BCUT2D eigenvalue weighted by molar-refractivity contribution is 7.90. The fourth-order valence-corrected chi connectivity index (χ4v) is 3.40. The minimum atomic E-state index is -3.18. The standard InChI is InChI=1S/C19H21FO2S/c1-4-16(20)11-8-14(2)18-6-5-7-19(18)15-9-12-17(13-10-15)23(3,21)22/h4,8-13H,1,5-7H2,2-3H3/b14-8+,16-11+. The summed E-state index contributed by atoms with van der Waals surface area (Å²) in [6.45, 7) is 5.36. The molecule has 0 heterocycles. The van der Waals surface area contributed by atoms with E-state index < -0.39 is 9.84 Å². The average molecular weight is 332 g/mol. The number of rotatable bonds is 5. The molecule has 1 aromatic rings. The second-order valence-electron chi connectivity index (χ2n) is 5.71. The minimum Gasteiger partial charge on any atom is -0.224 e. The van der Waals surface area contributed by atoms with Gasteiger partial charge in [-0.1, -0.05) is 24.8 Å². The summed E-state index contributed by atoms with van der Waals surface area (Å²) in [6.07, 6.45) is 8.52. The van der Waals surface area contributed by atoms with Crippen molar-refractivity contribution >= 4 is 15.4 Å². The highest BCUT2D eigenvalue weighted by Gasteiger charge is 2.17. The average Bonchev–Trinajstić information content (AvgIpc) is 3.01. The van der Waals surface area contributed by atoms with Crippen molar-refractivity contribution in [1.29, 1.82) is 0 Å². The summed E-state index contributed by atoms with van der Waals surface area (Å²) >= 11 is 0. The molecule has 0 unspecified atom stereocenters. The molecule has 1 aliphatic carbocycles. The maximum Gasteiger partial charge on any atom is 0.175 e. The normalized spacial score (nSPS) is 16.8. The molecule has 0 aliphatic heterocycles. The number of hydrogen-bond donors (Lipinski definition) is 0. The Hall–Kier alpha value is -1.94. The van der Waals surface area contributed by atoms with Gasteiger partial charge in [0.15, 0.2) is 9.84 Å². The maximum absolute atomic E-state index is 13.2. The first-order valence-electron chi connectivity index (χ1n) is 7.52. The lowest BCUT2D eigenvalue weighted by atomic mass is 9.97. The summed E-state index contributed by atoms with van der Waals surface area (Å²) in [5.74, 6) is -0.359. The third kappa shape index (κ3) is 4.29. The second-order valence-corrected chi connectivity index (χ2v) is 7.73. The fraction of sp³-hybridized carbons (Fsp3) is 0.263. The molecule has 1 aliphatic rings. The maximum atomic E-state index is 13.2. The van der Waals surface area contributed by atoms with Crippen LogP contribution < -0.4 is 0 Å². The zero-order valence-electron chi connectivity index (χ0n) is 13.5. The van der Waals surface area contributed by atoms with Gasteiger partial charge in [0.1, 0.15) is 5.83 Å². The smallest absolute Gasteiger partial charge is 0.175 e. The zero-order chi connectivity index (χ0) is 17.0. The molecule has 0 radical (unpaired) electrons. The molecule has 4 heteroatoms. The molecule has 0 amide bonds. The van der Waals surface area contributed by atoms with Crippen molar-refractivity contribution in [3.8, 4) is 0 Å². The molecule has 0 atom stereocenters. The molecule has 0 fully saturated rings. The first kappa shape index (κ1) is 17.4. The van der Waals surface area contributed by atoms with Crippen LogP contribution in [-0.4, -0.2) is 14.7 Å². The SMILES string of the molecule is C=C/C(F)=C\C=C(/C)C1=C(c2ccc(S(C)(=O)=O)cc2)CCC1. The lowest BCUT2D eigenvalue weighted by Gasteiger charge is -2.09. The van der Waals surface area contributed by atoms with Crippen LogP contribution in [0, 0.1) is 0 Å². The molecule has 2 nitrogen and oxygen atoms in total. The Morgan fingerprint density at radius 1 is 1.17 bits per heavy atom. The van der Waals surface area contributed by atoms with Gasteiger partial charge in [0.2, 0.25) is 0 Å². The van der Waals surface area contributed by atoms with E-state index in [4.69, 9.17) is 0 Å². The van der Waals surface area contributed by atoms with Gasteiger partial charge in [0, 0.05) is 6.26 Å². The van der Waals surface area contributed by atoms with E-state index in [1.165, 1.54) is 29.6 Å². The predicted molar refractivity (Wildman–Crippen MR) is 93.5 cm³/mol. The third-order valence-corrected chi connectivity index (χ3v) is 5.14. The lowest BCUT2D eigenvalue weighted by Crippen LogP contribution is -1.97.